The molecule has 0 amide bonds. The molecule has 0 spiro atoms. The first kappa shape index (κ1) is 12.7. The van der Waals surface area contributed by atoms with E-state index in [2.05, 4.69) is 12.2 Å². The molecule has 0 aromatic heterocycles. The maximum atomic E-state index is 10.7. The summed E-state index contributed by atoms with van der Waals surface area (Å²) in [5.41, 5.74) is 1.19. The predicted octanol–water partition coefficient (Wildman–Crippen LogP) is 2.42. The smallest absolute Gasteiger partial charge is 0.304 e. The van der Waals surface area contributed by atoms with E-state index in [-0.39, 0.29) is 12.5 Å². The molecule has 0 saturated carbocycles. The molecule has 1 aromatic rings. The van der Waals surface area contributed by atoms with Crippen molar-refractivity contribution in [3.8, 4) is 0 Å². The number of carboxylic acid groups (broad SMARTS) is 1. The Morgan fingerprint density at radius 1 is 1.38 bits per heavy atom. The molecule has 0 radical (unpaired) electrons. The molecule has 0 heterocycles. The summed E-state index contributed by atoms with van der Waals surface area (Å²) < 4.78 is 0. The molecule has 1 aromatic carbocycles. The summed E-state index contributed by atoms with van der Waals surface area (Å²) in [4.78, 5) is 10.7. The van der Waals surface area contributed by atoms with Crippen LogP contribution in [0.25, 0.3) is 0 Å². The van der Waals surface area contributed by atoms with Gasteiger partial charge in [0, 0.05) is 12.6 Å². The van der Waals surface area contributed by atoms with Crippen LogP contribution in [0.4, 0.5) is 0 Å². The van der Waals surface area contributed by atoms with E-state index in [1.54, 1.807) is 0 Å². The van der Waals surface area contributed by atoms with Crippen molar-refractivity contribution in [1.82, 2.24) is 5.32 Å². The van der Waals surface area contributed by atoms with Gasteiger partial charge in [0.1, 0.15) is 0 Å². The maximum Gasteiger partial charge on any atom is 0.304 e. The van der Waals surface area contributed by atoms with Gasteiger partial charge in [-0.2, -0.15) is 0 Å². The first-order chi connectivity index (χ1) is 7.72. The van der Waals surface area contributed by atoms with Gasteiger partial charge in [0.05, 0.1) is 6.42 Å². The minimum atomic E-state index is -0.737. The van der Waals surface area contributed by atoms with Crippen molar-refractivity contribution in [2.75, 3.05) is 0 Å². The first-order valence-corrected chi connectivity index (χ1v) is 5.71. The second-order valence-corrected chi connectivity index (χ2v) is 3.95. The number of carboxylic acids is 1. The minimum Gasteiger partial charge on any atom is -0.481 e. The second-order valence-electron chi connectivity index (χ2n) is 3.95. The number of nitrogens with one attached hydrogen (secondary N) is 1. The van der Waals surface area contributed by atoms with Gasteiger partial charge in [0.15, 0.2) is 0 Å². The normalized spacial score (nSPS) is 12.3. The molecule has 0 aliphatic heterocycles. The van der Waals surface area contributed by atoms with Crippen LogP contribution in [0.1, 0.15) is 31.7 Å². The first-order valence-electron chi connectivity index (χ1n) is 5.71. The van der Waals surface area contributed by atoms with Gasteiger partial charge in [-0.1, -0.05) is 43.7 Å². The number of aliphatic carboxylic acids is 1. The van der Waals surface area contributed by atoms with E-state index < -0.39 is 5.97 Å². The Morgan fingerprint density at radius 2 is 2.06 bits per heavy atom. The highest BCUT2D eigenvalue weighted by Gasteiger charge is 2.11. The number of carbonyl (C=O) groups is 1. The molecule has 0 saturated heterocycles. The van der Waals surface area contributed by atoms with Gasteiger partial charge in [0.2, 0.25) is 0 Å². The quantitative estimate of drug-likeness (QED) is 0.743. The topological polar surface area (TPSA) is 49.3 Å². The number of hydrogen-bond donors (Lipinski definition) is 2. The molecule has 1 rings (SSSR count). The molecule has 0 aliphatic carbocycles. The van der Waals surface area contributed by atoms with E-state index in [9.17, 15) is 4.79 Å². The summed E-state index contributed by atoms with van der Waals surface area (Å²) in [5, 5.41) is 12.1. The van der Waals surface area contributed by atoms with Crippen LogP contribution in [0.2, 0.25) is 0 Å². The molecule has 3 heteroatoms. The Balaban J connectivity index is 2.40. The Kier molecular flexibility index (Phi) is 5.57. The third kappa shape index (κ3) is 4.94. The third-order valence-electron chi connectivity index (χ3n) is 2.50. The average Bonchev–Trinajstić information content (AvgIpc) is 2.27. The van der Waals surface area contributed by atoms with Gasteiger partial charge in [-0.3, -0.25) is 4.79 Å². The summed E-state index contributed by atoms with van der Waals surface area (Å²) in [6, 6.07) is 10.1. The summed E-state index contributed by atoms with van der Waals surface area (Å²) >= 11 is 0. The lowest BCUT2D eigenvalue weighted by Crippen LogP contribution is -2.30. The van der Waals surface area contributed by atoms with Crippen LogP contribution in [0.5, 0.6) is 0 Å². The van der Waals surface area contributed by atoms with Gasteiger partial charge >= 0.3 is 5.97 Å². The van der Waals surface area contributed by atoms with Crippen molar-refractivity contribution in [2.45, 2.75) is 38.8 Å². The molecule has 1 atom stereocenters. The lowest BCUT2D eigenvalue weighted by atomic mass is 10.1. The van der Waals surface area contributed by atoms with Crippen molar-refractivity contribution in [3.05, 3.63) is 35.9 Å². The monoisotopic (exact) mass is 221 g/mol. The van der Waals surface area contributed by atoms with Crippen molar-refractivity contribution >= 4 is 5.97 Å². The Morgan fingerprint density at radius 3 is 2.62 bits per heavy atom. The highest BCUT2D eigenvalue weighted by Crippen LogP contribution is 2.04. The lowest BCUT2D eigenvalue weighted by molar-refractivity contribution is -0.137. The molecule has 2 N–H and O–H groups in total. The van der Waals surface area contributed by atoms with E-state index in [4.69, 9.17) is 5.11 Å². The van der Waals surface area contributed by atoms with Crippen molar-refractivity contribution in [1.29, 1.82) is 0 Å². The maximum absolute atomic E-state index is 10.7. The zero-order valence-electron chi connectivity index (χ0n) is 9.65. The number of hydrogen-bond acceptors (Lipinski definition) is 2. The highest BCUT2D eigenvalue weighted by molar-refractivity contribution is 5.67. The minimum absolute atomic E-state index is 0.0720. The van der Waals surface area contributed by atoms with E-state index in [0.29, 0.717) is 0 Å². The number of rotatable bonds is 7. The zero-order valence-corrected chi connectivity index (χ0v) is 9.65. The second kappa shape index (κ2) is 7.01. The van der Waals surface area contributed by atoms with Gasteiger partial charge in [-0.15, -0.1) is 0 Å². The van der Waals surface area contributed by atoms with Gasteiger partial charge < -0.3 is 10.4 Å². The van der Waals surface area contributed by atoms with E-state index in [1.807, 2.05) is 30.3 Å². The van der Waals surface area contributed by atoms with Crippen LogP contribution in [0.3, 0.4) is 0 Å². The van der Waals surface area contributed by atoms with Crippen LogP contribution in [0.15, 0.2) is 30.3 Å². The zero-order chi connectivity index (χ0) is 11.8. The standard InChI is InChI=1S/C13H19NO2/c1-2-6-12(9-13(15)16)14-10-11-7-4-3-5-8-11/h3-5,7-8,12,14H,2,6,9-10H2,1H3,(H,15,16)/t12-/m1/s1. The molecule has 88 valence electrons. The van der Waals surface area contributed by atoms with E-state index >= 15 is 0 Å². The molecular weight excluding hydrogens is 202 g/mol. The van der Waals surface area contributed by atoms with Crippen LogP contribution in [-0.2, 0) is 11.3 Å². The Hall–Kier alpha value is -1.35. The molecule has 0 unspecified atom stereocenters. The fraction of sp³-hybridized carbons (Fsp3) is 0.462. The molecule has 0 bridgehead atoms. The summed E-state index contributed by atoms with van der Waals surface area (Å²) in [5.74, 6) is -0.737. The lowest BCUT2D eigenvalue weighted by Gasteiger charge is -2.15. The SMILES string of the molecule is CCC[C@H](CC(=O)O)NCc1ccccc1. The van der Waals surface area contributed by atoms with Crippen LogP contribution in [-0.4, -0.2) is 17.1 Å². The molecule has 3 nitrogen and oxygen atoms in total. The molecule has 16 heavy (non-hydrogen) atoms. The summed E-state index contributed by atoms with van der Waals surface area (Å²) in [7, 11) is 0. The fourth-order valence-corrected chi connectivity index (χ4v) is 1.69. The van der Waals surface area contributed by atoms with Gasteiger partial charge in [-0.25, -0.2) is 0 Å². The van der Waals surface area contributed by atoms with Crippen molar-refractivity contribution < 1.29 is 9.90 Å². The highest BCUT2D eigenvalue weighted by atomic mass is 16.4. The van der Waals surface area contributed by atoms with E-state index in [1.165, 1.54) is 5.56 Å². The van der Waals surface area contributed by atoms with Gasteiger partial charge in [-0.05, 0) is 12.0 Å². The largest absolute Gasteiger partial charge is 0.481 e. The van der Waals surface area contributed by atoms with Crippen LogP contribution >= 0.6 is 0 Å². The third-order valence-corrected chi connectivity index (χ3v) is 2.50. The average molecular weight is 221 g/mol. The summed E-state index contributed by atoms with van der Waals surface area (Å²) in [6.07, 6.45) is 2.10. The number of benzene rings is 1. The predicted molar refractivity (Wildman–Crippen MR) is 64.2 cm³/mol. The van der Waals surface area contributed by atoms with Crippen molar-refractivity contribution in [3.63, 3.8) is 0 Å². The molecular formula is C13H19NO2. The summed E-state index contributed by atoms with van der Waals surface area (Å²) in [6.45, 7) is 2.80. The van der Waals surface area contributed by atoms with Crippen LogP contribution in [0, 0.1) is 0 Å². The van der Waals surface area contributed by atoms with E-state index in [0.717, 1.165) is 19.4 Å². The molecule has 0 fully saturated rings. The Bertz CT molecular complexity index is 311. The molecule has 0 aliphatic rings. The fourth-order valence-electron chi connectivity index (χ4n) is 1.69. The van der Waals surface area contributed by atoms with Crippen LogP contribution < -0.4 is 5.32 Å². The Labute approximate surface area is 96.5 Å². The van der Waals surface area contributed by atoms with Gasteiger partial charge in [0.25, 0.3) is 0 Å². The van der Waals surface area contributed by atoms with Crippen molar-refractivity contribution in [2.24, 2.45) is 0 Å².